The van der Waals surface area contributed by atoms with Crippen molar-refractivity contribution in [2.45, 2.75) is 39.3 Å². The summed E-state index contributed by atoms with van der Waals surface area (Å²) in [6, 6.07) is -1.53. The molecule has 0 spiro atoms. The van der Waals surface area contributed by atoms with Crippen LogP contribution in [0.15, 0.2) is 5.18 Å². The molecule has 1 atom stereocenters. The Bertz CT molecular complexity index is 229. The van der Waals surface area contributed by atoms with Crippen LogP contribution in [0.4, 0.5) is 0 Å². The second-order valence-electron chi connectivity index (χ2n) is 3.65. The van der Waals surface area contributed by atoms with Crippen LogP contribution in [-0.2, 0) is 14.3 Å². The Balaban J connectivity index is 4.41. The quantitative estimate of drug-likeness (QED) is 0.376. The second-order valence-corrected chi connectivity index (χ2v) is 3.65. The van der Waals surface area contributed by atoms with Gasteiger partial charge < -0.3 is 4.74 Å². The van der Waals surface area contributed by atoms with Crippen LogP contribution in [0.5, 0.6) is 0 Å². The van der Waals surface area contributed by atoms with Crippen LogP contribution in [0.1, 0.15) is 27.7 Å². The van der Waals surface area contributed by atoms with Crippen molar-refractivity contribution in [1.82, 2.24) is 0 Å². The minimum absolute atomic E-state index is 0.607. The first-order chi connectivity index (χ1) is 5.78. The number of ketones is 1. The van der Waals surface area contributed by atoms with E-state index in [1.54, 1.807) is 20.8 Å². The first-order valence-electron chi connectivity index (χ1n) is 3.83. The fraction of sp³-hybridized carbons (Fsp3) is 0.750. The third-order valence-electron chi connectivity index (χ3n) is 1.12. The number of Topliss-reactive ketones (excluding diaryl/α,β-unsaturated/α-hetero) is 1. The van der Waals surface area contributed by atoms with Gasteiger partial charge in [0.05, 0.1) is 0 Å². The molecule has 0 bridgehead atoms. The number of ether oxygens (including phenoxy) is 1. The van der Waals surface area contributed by atoms with E-state index in [4.69, 9.17) is 4.74 Å². The molecule has 0 heterocycles. The fourth-order valence-electron chi connectivity index (χ4n) is 0.641. The van der Waals surface area contributed by atoms with Gasteiger partial charge in [0.1, 0.15) is 5.60 Å². The van der Waals surface area contributed by atoms with Crippen molar-refractivity contribution in [2.24, 2.45) is 5.18 Å². The summed E-state index contributed by atoms with van der Waals surface area (Å²) in [7, 11) is 0. The summed E-state index contributed by atoms with van der Waals surface area (Å²) in [5.41, 5.74) is -0.713. The summed E-state index contributed by atoms with van der Waals surface area (Å²) in [6.45, 7) is 6.06. The van der Waals surface area contributed by atoms with Gasteiger partial charge >= 0.3 is 5.97 Å². The zero-order chi connectivity index (χ0) is 10.6. The third-order valence-corrected chi connectivity index (χ3v) is 1.12. The molecule has 0 aromatic carbocycles. The van der Waals surface area contributed by atoms with Crippen molar-refractivity contribution in [2.75, 3.05) is 0 Å². The van der Waals surface area contributed by atoms with E-state index < -0.39 is 23.4 Å². The monoisotopic (exact) mass is 187 g/mol. The molecule has 0 amide bonds. The average Bonchev–Trinajstić information content (AvgIpc) is 1.82. The highest BCUT2D eigenvalue weighted by Crippen LogP contribution is 2.09. The van der Waals surface area contributed by atoms with Gasteiger partial charge in [0.15, 0.2) is 5.78 Å². The number of esters is 1. The van der Waals surface area contributed by atoms with E-state index in [1.807, 2.05) is 0 Å². The SMILES string of the molecule is CC(=O)C(N=O)C(=O)OC(C)(C)C. The Kier molecular flexibility index (Phi) is 3.71. The molecule has 0 saturated heterocycles. The Morgan fingerprint density at radius 3 is 2.00 bits per heavy atom. The van der Waals surface area contributed by atoms with Crippen LogP contribution >= 0.6 is 0 Å². The maximum Gasteiger partial charge on any atom is 0.342 e. The van der Waals surface area contributed by atoms with Crippen molar-refractivity contribution in [1.29, 1.82) is 0 Å². The Labute approximate surface area is 76.4 Å². The van der Waals surface area contributed by atoms with Gasteiger partial charge in [-0.2, -0.15) is 0 Å². The molecule has 0 saturated carbocycles. The molecular weight excluding hydrogens is 174 g/mol. The summed E-state index contributed by atoms with van der Waals surface area (Å²) >= 11 is 0. The largest absolute Gasteiger partial charge is 0.458 e. The first-order valence-corrected chi connectivity index (χ1v) is 3.83. The number of hydrogen-bond acceptors (Lipinski definition) is 5. The summed E-state index contributed by atoms with van der Waals surface area (Å²) < 4.78 is 4.80. The second kappa shape index (κ2) is 4.11. The van der Waals surface area contributed by atoms with E-state index in [2.05, 4.69) is 5.18 Å². The lowest BCUT2D eigenvalue weighted by atomic mass is 10.1. The van der Waals surface area contributed by atoms with Crippen molar-refractivity contribution in [3.63, 3.8) is 0 Å². The Morgan fingerprint density at radius 1 is 1.31 bits per heavy atom. The third kappa shape index (κ3) is 4.35. The van der Waals surface area contributed by atoms with Crippen molar-refractivity contribution < 1.29 is 14.3 Å². The van der Waals surface area contributed by atoms with E-state index >= 15 is 0 Å². The van der Waals surface area contributed by atoms with Crippen LogP contribution in [0.3, 0.4) is 0 Å². The van der Waals surface area contributed by atoms with Crippen molar-refractivity contribution in [3.8, 4) is 0 Å². The van der Waals surface area contributed by atoms with E-state index in [-0.39, 0.29) is 0 Å². The molecule has 0 N–H and O–H groups in total. The van der Waals surface area contributed by atoms with Gasteiger partial charge in [0.25, 0.3) is 0 Å². The molecule has 0 radical (unpaired) electrons. The number of carbonyl (C=O) groups excluding carboxylic acids is 2. The lowest BCUT2D eigenvalue weighted by Crippen LogP contribution is -2.34. The van der Waals surface area contributed by atoms with Crippen LogP contribution in [-0.4, -0.2) is 23.4 Å². The molecule has 13 heavy (non-hydrogen) atoms. The normalized spacial score (nSPS) is 13.2. The standard InChI is InChI=1S/C8H13NO4/c1-5(10)6(9-12)7(11)13-8(2,3)4/h6H,1-4H3. The number of rotatable bonds is 3. The van der Waals surface area contributed by atoms with Crippen molar-refractivity contribution >= 4 is 11.8 Å². The molecule has 0 rings (SSSR count). The molecule has 0 aliphatic rings. The van der Waals surface area contributed by atoms with Crippen LogP contribution in [0, 0.1) is 4.91 Å². The van der Waals surface area contributed by atoms with E-state index in [0.717, 1.165) is 6.92 Å². The van der Waals surface area contributed by atoms with E-state index in [0.29, 0.717) is 0 Å². The molecule has 0 aliphatic carbocycles. The molecule has 0 aliphatic heterocycles. The fourth-order valence-corrected chi connectivity index (χ4v) is 0.641. The number of hydrogen-bond donors (Lipinski definition) is 0. The van der Waals surface area contributed by atoms with Crippen molar-refractivity contribution in [3.05, 3.63) is 4.91 Å². The topological polar surface area (TPSA) is 72.8 Å². The highest BCUT2D eigenvalue weighted by atomic mass is 16.6. The number of carbonyl (C=O) groups is 2. The molecule has 5 heteroatoms. The molecule has 0 fully saturated rings. The lowest BCUT2D eigenvalue weighted by molar-refractivity contribution is -0.157. The Hall–Kier alpha value is -1.26. The summed E-state index contributed by atoms with van der Waals surface area (Å²) in [6.07, 6.45) is 0. The minimum atomic E-state index is -1.53. The smallest absolute Gasteiger partial charge is 0.342 e. The molecule has 1 unspecified atom stereocenters. The molecular formula is C8H13NO4. The van der Waals surface area contributed by atoms with Gasteiger partial charge in [-0.1, -0.05) is 0 Å². The van der Waals surface area contributed by atoms with Gasteiger partial charge in [-0.25, -0.2) is 4.79 Å². The first kappa shape index (κ1) is 11.7. The minimum Gasteiger partial charge on any atom is -0.458 e. The van der Waals surface area contributed by atoms with Gasteiger partial charge in [-0.15, -0.1) is 4.91 Å². The van der Waals surface area contributed by atoms with E-state index in [9.17, 15) is 14.5 Å². The van der Waals surface area contributed by atoms with Gasteiger partial charge in [0.2, 0.25) is 6.04 Å². The molecule has 0 aromatic rings. The summed E-state index contributed by atoms with van der Waals surface area (Å²) in [5, 5.41) is 2.40. The van der Waals surface area contributed by atoms with Crippen LogP contribution < -0.4 is 0 Å². The lowest BCUT2D eigenvalue weighted by Gasteiger charge is -2.20. The highest BCUT2D eigenvalue weighted by Gasteiger charge is 2.29. The van der Waals surface area contributed by atoms with Gasteiger partial charge in [0, 0.05) is 0 Å². The summed E-state index contributed by atoms with van der Waals surface area (Å²) in [5.74, 6) is -1.50. The molecule has 0 aromatic heterocycles. The average molecular weight is 187 g/mol. The highest BCUT2D eigenvalue weighted by molar-refractivity contribution is 6.02. The van der Waals surface area contributed by atoms with Crippen LogP contribution in [0.2, 0.25) is 0 Å². The molecule has 74 valence electrons. The zero-order valence-corrected chi connectivity index (χ0v) is 8.16. The predicted molar refractivity (Wildman–Crippen MR) is 46.1 cm³/mol. The maximum absolute atomic E-state index is 11.1. The molecule has 5 nitrogen and oxygen atoms in total. The van der Waals surface area contributed by atoms with E-state index in [1.165, 1.54) is 0 Å². The maximum atomic E-state index is 11.1. The van der Waals surface area contributed by atoms with Crippen LogP contribution in [0.25, 0.3) is 0 Å². The number of nitroso groups, excluding NO2 is 1. The Morgan fingerprint density at radius 2 is 1.77 bits per heavy atom. The zero-order valence-electron chi connectivity index (χ0n) is 8.16. The number of nitrogens with zero attached hydrogens (tertiary/aromatic N) is 1. The predicted octanol–water partition coefficient (Wildman–Crippen LogP) is 1.05. The van der Waals surface area contributed by atoms with Gasteiger partial charge in [-0.3, -0.25) is 4.79 Å². The van der Waals surface area contributed by atoms with Gasteiger partial charge in [-0.05, 0) is 32.9 Å². The summed E-state index contributed by atoms with van der Waals surface area (Å²) in [4.78, 5) is 31.9.